The minimum Gasteiger partial charge on any atom is -0.352 e. The lowest BCUT2D eigenvalue weighted by atomic mass is 9.94. The van der Waals surface area contributed by atoms with E-state index >= 15 is 0 Å². The second-order valence-corrected chi connectivity index (χ2v) is 8.32. The van der Waals surface area contributed by atoms with Crippen LogP contribution >= 0.6 is 0 Å². The van der Waals surface area contributed by atoms with E-state index in [1.165, 1.54) is 31.4 Å². The number of likely N-dealkylation sites (tertiary alicyclic amines) is 1. The molecule has 0 bridgehead atoms. The SMILES string of the molecule is CC(C(=O)NC1CCCCC1)N1CCCC(c2nc(-c3cccc(F)c3)no2)C1. The van der Waals surface area contributed by atoms with Crippen LogP contribution in [0.2, 0.25) is 0 Å². The molecular formula is C22H29FN4O2. The number of hydrogen-bond donors (Lipinski definition) is 1. The molecule has 29 heavy (non-hydrogen) atoms. The number of benzene rings is 1. The van der Waals surface area contributed by atoms with Gasteiger partial charge in [-0.1, -0.05) is 36.6 Å². The maximum Gasteiger partial charge on any atom is 0.237 e. The zero-order valence-corrected chi connectivity index (χ0v) is 16.9. The van der Waals surface area contributed by atoms with E-state index in [1.54, 1.807) is 12.1 Å². The molecule has 2 atom stereocenters. The minimum absolute atomic E-state index is 0.0866. The summed E-state index contributed by atoms with van der Waals surface area (Å²) in [6, 6.07) is 6.34. The molecule has 1 aromatic heterocycles. The molecule has 2 aliphatic rings. The Morgan fingerprint density at radius 2 is 2.07 bits per heavy atom. The van der Waals surface area contributed by atoms with E-state index in [-0.39, 0.29) is 23.7 Å². The fourth-order valence-corrected chi connectivity index (χ4v) is 4.44. The molecule has 1 amide bonds. The van der Waals surface area contributed by atoms with Crippen LogP contribution in [0.1, 0.15) is 63.7 Å². The Bertz CT molecular complexity index is 834. The summed E-state index contributed by atoms with van der Waals surface area (Å²) in [5.41, 5.74) is 0.605. The van der Waals surface area contributed by atoms with Crippen molar-refractivity contribution in [1.29, 1.82) is 0 Å². The summed E-state index contributed by atoms with van der Waals surface area (Å²) in [7, 11) is 0. The predicted octanol–water partition coefficient (Wildman–Crippen LogP) is 3.89. The zero-order chi connectivity index (χ0) is 20.2. The maximum atomic E-state index is 13.5. The largest absolute Gasteiger partial charge is 0.352 e. The number of amides is 1. The Kier molecular flexibility index (Phi) is 6.23. The monoisotopic (exact) mass is 400 g/mol. The van der Waals surface area contributed by atoms with Crippen LogP contribution in [0.5, 0.6) is 0 Å². The Hall–Kier alpha value is -2.28. The number of nitrogens with zero attached hydrogens (tertiary/aromatic N) is 3. The van der Waals surface area contributed by atoms with Gasteiger partial charge in [-0.15, -0.1) is 0 Å². The number of hydrogen-bond acceptors (Lipinski definition) is 5. The smallest absolute Gasteiger partial charge is 0.237 e. The van der Waals surface area contributed by atoms with Crippen LogP contribution in [0.3, 0.4) is 0 Å². The number of rotatable bonds is 5. The van der Waals surface area contributed by atoms with Crippen molar-refractivity contribution in [2.45, 2.75) is 69.9 Å². The van der Waals surface area contributed by atoms with Gasteiger partial charge in [0.25, 0.3) is 0 Å². The Morgan fingerprint density at radius 3 is 2.86 bits per heavy atom. The first-order valence-electron chi connectivity index (χ1n) is 10.7. The van der Waals surface area contributed by atoms with Crippen LogP contribution < -0.4 is 5.32 Å². The van der Waals surface area contributed by atoms with Gasteiger partial charge in [0.2, 0.25) is 17.6 Å². The third kappa shape index (κ3) is 4.83. The average molecular weight is 400 g/mol. The highest BCUT2D eigenvalue weighted by molar-refractivity contribution is 5.81. The molecule has 2 heterocycles. The van der Waals surface area contributed by atoms with Crippen LogP contribution in [0.25, 0.3) is 11.4 Å². The van der Waals surface area contributed by atoms with Crippen LogP contribution in [-0.4, -0.2) is 46.1 Å². The van der Waals surface area contributed by atoms with Crippen molar-refractivity contribution in [3.63, 3.8) is 0 Å². The summed E-state index contributed by atoms with van der Waals surface area (Å²) in [5, 5.41) is 7.27. The van der Waals surface area contributed by atoms with Crippen molar-refractivity contribution in [3.05, 3.63) is 36.0 Å². The average Bonchev–Trinajstić information content (AvgIpc) is 3.24. The number of nitrogens with one attached hydrogen (secondary N) is 1. The number of carbonyl (C=O) groups is 1. The van der Waals surface area contributed by atoms with E-state index < -0.39 is 0 Å². The fourth-order valence-electron chi connectivity index (χ4n) is 4.44. The van der Waals surface area contributed by atoms with Gasteiger partial charge in [-0.25, -0.2) is 4.39 Å². The molecule has 2 unspecified atom stereocenters. The second kappa shape index (κ2) is 9.03. The van der Waals surface area contributed by atoms with Gasteiger partial charge in [-0.05, 0) is 51.3 Å². The first-order chi connectivity index (χ1) is 14.1. The normalized spacial score (nSPS) is 22.3. The molecule has 1 aromatic carbocycles. The summed E-state index contributed by atoms with van der Waals surface area (Å²) in [5.74, 6) is 0.844. The van der Waals surface area contributed by atoms with Crippen molar-refractivity contribution in [1.82, 2.24) is 20.4 Å². The molecule has 2 aromatic rings. The molecule has 1 saturated carbocycles. The molecule has 1 saturated heterocycles. The summed E-state index contributed by atoms with van der Waals surface area (Å²) in [6.45, 7) is 3.58. The van der Waals surface area contributed by atoms with Gasteiger partial charge < -0.3 is 9.84 Å². The third-order valence-corrected chi connectivity index (χ3v) is 6.21. The number of carbonyl (C=O) groups excluding carboxylic acids is 1. The molecule has 2 fully saturated rings. The lowest BCUT2D eigenvalue weighted by molar-refractivity contribution is -0.127. The Labute approximate surface area is 170 Å². The predicted molar refractivity (Wildman–Crippen MR) is 108 cm³/mol. The van der Waals surface area contributed by atoms with E-state index in [4.69, 9.17) is 4.52 Å². The Morgan fingerprint density at radius 1 is 1.24 bits per heavy atom. The molecule has 6 nitrogen and oxygen atoms in total. The third-order valence-electron chi connectivity index (χ3n) is 6.21. The molecule has 1 N–H and O–H groups in total. The first-order valence-corrected chi connectivity index (χ1v) is 10.7. The summed E-state index contributed by atoms with van der Waals surface area (Å²) >= 11 is 0. The van der Waals surface area contributed by atoms with E-state index in [1.807, 2.05) is 6.92 Å². The molecule has 0 spiro atoms. The van der Waals surface area contributed by atoms with Crippen molar-refractivity contribution >= 4 is 5.91 Å². The van der Waals surface area contributed by atoms with Gasteiger partial charge in [0.05, 0.1) is 12.0 Å². The van der Waals surface area contributed by atoms with Crippen molar-refractivity contribution in [2.75, 3.05) is 13.1 Å². The molecule has 156 valence electrons. The van der Waals surface area contributed by atoms with Crippen molar-refractivity contribution in [2.24, 2.45) is 0 Å². The van der Waals surface area contributed by atoms with Crippen molar-refractivity contribution < 1.29 is 13.7 Å². The molecule has 0 radical (unpaired) electrons. The van der Waals surface area contributed by atoms with Gasteiger partial charge in [0.15, 0.2) is 0 Å². The van der Waals surface area contributed by atoms with Gasteiger partial charge in [-0.3, -0.25) is 9.69 Å². The van der Waals surface area contributed by atoms with E-state index in [2.05, 4.69) is 20.4 Å². The maximum absolute atomic E-state index is 13.5. The summed E-state index contributed by atoms with van der Waals surface area (Å²) in [4.78, 5) is 19.4. The zero-order valence-electron chi connectivity index (χ0n) is 16.9. The molecule has 7 heteroatoms. The number of piperidine rings is 1. The van der Waals surface area contributed by atoms with Crippen LogP contribution in [0.15, 0.2) is 28.8 Å². The molecule has 1 aliphatic heterocycles. The van der Waals surface area contributed by atoms with E-state index in [9.17, 15) is 9.18 Å². The van der Waals surface area contributed by atoms with E-state index in [0.717, 1.165) is 32.2 Å². The molecule has 4 rings (SSSR count). The van der Waals surface area contributed by atoms with Gasteiger partial charge in [-0.2, -0.15) is 4.98 Å². The molecule has 1 aliphatic carbocycles. The number of aromatic nitrogens is 2. The highest BCUT2D eigenvalue weighted by Gasteiger charge is 2.31. The highest BCUT2D eigenvalue weighted by Crippen LogP contribution is 2.29. The van der Waals surface area contributed by atoms with Crippen molar-refractivity contribution in [3.8, 4) is 11.4 Å². The minimum atomic E-state index is -0.324. The summed E-state index contributed by atoms with van der Waals surface area (Å²) < 4.78 is 19.0. The van der Waals surface area contributed by atoms with Gasteiger partial charge in [0.1, 0.15) is 5.82 Å². The van der Waals surface area contributed by atoms with Gasteiger partial charge in [0, 0.05) is 18.2 Å². The summed E-state index contributed by atoms with van der Waals surface area (Å²) in [6.07, 6.45) is 7.78. The number of halogens is 1. The standard InChI is InChI=1S/C22H29FN4O2/c1-15(21(28)24-19-10-3-2-4-11-19)27-12-6-8-17(14-27)22-25-20(26-29-22)16-7-5-9-18(23)13-16/h5,7,9,13,15,17,19H,2-4,6,8,10-12,14H2,1H3,(H,24,28). The highest BCUT2D eigenvalue weighted by atomic mass is 19.1. The quantitative estimate of drug-likeness (QED) is 0.824. The fraction of sp³-hybridized carbons (Fsp3) is 0.591. The van der Waals surface area contributed by atoms with Crippen LogP contribution in [0.4, 0.5) is 4.39 Å². The topological polar surface area (TPSA) is 71.3 Å². The lowest BCUT2D eigenvalue weighted by Gasteiger charge is -2.35. The first kappa shape index (κ1) is 20.0. The van der Waals surface area contributed by atoms with Gasteiger partial charge >= 0.3 is 0 Å². The van der Waals surface area contributed by atoms with Crippen LogP contribution in [-0.2, 0) is 4.79 Å². The second-order valence-electron chi connectivity index (χ2n) is 8.32. The lowest BCUT2D eigenvalue weighted by Crippen LogP contribution is -2.51. The van der Waals surface area contributed by atoms with Crippen LogP contribution in [0, 0.1) is 5.82 Å². The van der Waals surface area contributed by atoms with E-state index in [0.29, 0.717) is 29.9 Å². The Balaban J connectivity index is 1.38. The molecular weight excluding hydrogens is 371 g/mol.